The Morgan fingerprint density at radius 3 is 1.64 bits per heavy atom. The molecule has 14 heavy (non-hydrogen) atoms. The third kappa shape index (κ3) is 16.4. The zero-order chi connectivity index (χ0) is 9.23. The van der Waals surface area contributed by atoms with Crippen LogP contribution in [0.4, 0.5) is 0 Å². The molecule has 0 atom stereocenters. The first kappa shape index (κ1) is 21.2. The van der Waals surface area contributed by atoms with Gasteiger partial charge in [-0.05, 0) is 12.8 Å². The van der Waals surface area contributed by atoms with Crippen molar-refractivity contribution in [1.29, 1.82) is 0 Å². The molecule has 1 aliphatic rings. The van der Waals surface area contributed by atoms with E-state index < -0.39 is 8.25 Å². The molecule has 2 radical (unpaired) electrons. The van der Waals surface area contributed by atoms with E-state index in [-0.39, 0.29) is 59.1 Å². The first-order chi connectivity index (χ1) is 5.81. The summed E-state index contributed by atoms with van der Waals surface area (Å²) in [7, 11) is -1.77. The molecule has 5 nitrogen and oxygen atoms in total. The van der Waals surface area contributed by atoms with E-state index in [1.807, 2.05) is 0 Å². The zero-order valence-electron chi connectivity index (χ0n) is 9.07. The monoisotopic (exact) mass is 241 g/mol. The van der Waals surface area contributed by atoms with Crippen molar-refractivity contribution in [2.24, 2.45) is 11.5 Å². The molecule has 0 aromatic carbocycles. The van der Waals surface area contributed by atoms with Gasteiger partial charge in [0.2, 0.25) is 0 Å². The minimum atomic E-state index is -1.77. The van der Waals surface area contributed by atoms with Crippen molar-refractivity contribution in [3.05, 3.63) is 0 Å². The van der Waals surface area contributed by atoms with Crippen LogP contribution in [0, 0.1) is 0 Å². The van der Waals surface area contributed by atoms with Gasteiger partial charge in [-0.1, -0.05) is 0 Å². The normalized spacial score (nSPS) is 15.1. The predicted molar refractivity (Wildman–Crippen MR) is 58.4 cm³/mol. The van der Waals surface area contributed by atoms with Crippen molar-refractivity contribution in [2.45, 2.75) is 12.8 Å². The van der Waals surface area contributed by atoms with Crippen LogP contribution >= 0.6 is 8.25 Å². The molecule has 0 saturated carbocycles. The van der Waals surface area contributed by atoms with Gasteiger partial charge in [0.15, 0.2) is 0 Å². The molecule has 0 aliphatic carbocycles. The van der Waals surface area contributed by atoms with Gasteiger partial charge in [0.05, 0.1) is 0 Å². The van der Waals surface area contributed by atoms with Crippen LogP contribution in [0.25, 0.3) is 0 Å². The number of hydrogen-bond acceptors (Lipinski definition) is 5. The summed E-state index contributed by atoms with van der Waals surface area (Å²) >= 11 is 0. The van der Waals surface area contributed by atoms with E-state index in [1.165, 1.54) is 0 Å². The molecule has 0 aromatic rings. The standard InChI is InChI=1S/C4H8O3P.C2H8N2.2Na/c5-8-6-3-1-2-4-7-8;3-1-2-4;;/h1-4H2;1-4H2;;/q+1;;;. The zero-order valence-corrected chi connectivity index (χ0v) is 14.0. The van der Waals surface area contributed by atoms with Gasteiger partial charge >= 0.3 is 8.25 Å². The van der Waals surface area contributed by atoms with Gasteiger partial charge in [-0.3, -0.25) is 0 Å². The second-order valence-corrected chi connectivity index (χ2v) is 3.14. The first-order valence-corrected chi connectivity index (χ1v) is 5.04. The van der Waals surface area contributed by atoms with E-state index in [4.69, 9.17) is 11.5 Å². The predicted octanol–water partition coefficient (Wildman–Crippen LogP) is -0.387. The molecule has 0 bridgehead atoms. The molecular formula is C6H16N2Na2O3P+. The summed E-state index contributed by atoms with van der Waals surface area (Å²) in [6, 6.07) is 0. The van der Waals surface area contributed by atoms with E-state index >= 15 is 0 Å². The van der Waals surface area contributed by atoms with Crippen LogP contribution in [0.5, 0.6) is 0 Å². The van der Waals surface area contributed by atoms with Crippen molar-refractivity contribution in [2.75, 3.05) is 26.3 Å². The molecule has 0 spiro atoms. The molecule has 0 amide bonds. The summed E-state index contributed by atoms with van der Waals surface area (Å²) in [5, 5.41) is 0. The van der Waals surface area contributed by atoms with Gasteiger partial charge < -0.3 is 11.5 Å². The van der Waals surface area contributed by atoms with Crippen molar-refractivity contribution < 1.29 is 13.6 Å². The van der Waals surface area contributed by atoms with Gasteiger partial charge in [0, 0.05) is 76.8 Å². The fraction of sp³-hybridized carbons (Fsp3) is 1.00. The van der Waals surface area contributed by atoms with Gasteiger partial charge in [-0.2, -0.15) is 0 Å². The molecule has 1 fully saturated rings. The average molecular weight is 241 g/mol. The van der Waals surface area contributed by atoms with Gasteiger partial charge in [0.1, 0.15) is 13.2 Å². The summed E-state index contributed by atoms with van der Waals surface area (Å²) in [5.74, 6) is 0. The Morgan fingerprint density at radius 1 is 1.00 bits per heavy atom. The quantitative estimate of drug-likeness (QED) is 0.482. The third-order valence-electron chi connectivity index (χ3n) is 1.10. The number of hydrogen-bond donors (Lipinski definition) is 2. The molecule has 1 saturated heterocycles. The maximum atomic E-state index is 10.4. The Labute approximate surface area is 130 Å². The summed E-state index contributed by atoms with van der Waals surface area (Å²) in [6.45, 7) is 2.35. The Bertz CT molecular complexity index is 120. The number of rotatable bonds is 1. The van der Waals surface area contributed by atoms with E-state index in [2.05, 4.69) is 9.05 Å². The summed E-state index contributed by atoms with van der Waals surface area (Å²) in [6.07, 6.45) is 1.92. The van der Waals surface area contributed by atoms with Crippen molar-refractivity contribution >= 4 is 67.4 Å². The molecule has 1 aliphatic heterocycles. The van der Waals surface area contributed by atoms with E-state index in [1.54, 1.807) is 0 Å². The minimum Gasteiger partial charge on any atom is -0.329 e. The number of nitrogens with two attached hydrogens (primary N) is 2. The fourth-order valence-electron chi connectivity index (χ4n) is 0.520. The van der Waals surface area contributed by atoms with Crippen LogP contribution in [0.15, 0.2) is 0 Å². The smallest absolute Gasteiger partial charge is 0.329 e. The van der Waals surface area contributed by atoms with Crippen molar-refractivity contribution in [1.82, 2.24) is 0 Å². The van der Waals surface area contributed by atoms with Crippen LogP contribution in [0.3, 0.4) is 0 Å². The summed E-state index contributed by atoms with van der Waals surface area (Å²) in [4.78, 5) is 0. The van der Waals surface area contributed by atoms with Crippen molar-refractivity contribution in [3.8, 4) is 0 Å². The summed E-state index contributed by atoms with van der Waals surface area (Å²) < 4.78 is 19.8. The molecule has 1 rings (SSSR count). The molecule has 4 N–H and O–H groups in total. The minimum absolute atomic E-state index is 0. The maximum absolute atomic E-state index is 10.4. The van der Waals surface area contributed by atoms with Crippen molar-refractivity contribution in [3.63, 3.8) is 0 Å². The Kier molecular flexibility index (Phi) is 26.3. The van der Waals surface area contributed by atoms with Crippen LogP contribution in [0.2, 0.25) is 0 Å². The molecular weight excluding hydrogens is 225 g/mol. The fourth-order valence-corrected chi connectivity index (χ4v) is 1.15. The molecule has 0 unspecified atom stereocenters. The average Bonchev–Trinajstić information content (AvgIpc) is 2.33. The van der Waals surface area contributed by atoms with E-state index in [9.17, 15) is 4.57 Å². The molecule has 74 valence electrons. The van der Waals surface area contributed by atoms with E-state index in [0.29, 0.717) is 26.3 Å². The molecule has 8 heteroatoms. The van der Waals surface area contributed by atoms with Gasteiger partial charge in [-0.25, -0.2) is 0 Å². The van der Waals surface area contributed by atoms with Crippen LogP contribution < -0.4 is 11.5 Å². The SMILES string of the molecule is NCCN.O=[P+]1OCCCCO1.[Na].[Na]. The topological polar surface area (TPSA) is 87.6 Å². The second kappa shape index (κ2) is 17.3. The van der Waals surface area contributed by atoms with E-state index in [0.717, 1.165) is 12.8 Å². The van der Waals surface area contributed by atoms with Gasteiger partial charge in [0.25, 0.3) is 0 Å². The Balaban J connectivity index is -0.000000180. The Morgan fingerprint density at radius 2 is 1.36 bits per heavy atom. The van der Waals surface area contributed by atoms with Crippen LogP contribution in [-0.4, -0.2) is 85.4 Å². The maximum Gasteiger partial charge on any atom is 0.697 e. The molecule has 0 aromatic heterocycles. The van der Waals surface area contributed by atoms with Gasteiger partial charge in [-0.15, -0.1) is 9.05 Å². The third-order valence-corrected chi connectivity index (χ3v) is 1.89. The van der Waals surface area contributed by atoms with Crippen LogP contribution in [0.1, 0.15) is 12.8 Å². The second-order valence-electron chi connectivity index (χ2n) is 2.17. The first-order valence-electron chi connectivity index (χ1n) is 3.94. The largest absolute Gasteiger partial charge is 0.697 e. The summed E-state index contributed by atoms with van der Waals surface area (Å²) in [5.41, 5.74) is 9.81. The van der Waals surface area contributed by atoms with Crippen LogP contribution in [-0.2, 0) is 13.6 Å². The Hall–Kier alpha value is 1.94. The molecule has 1 heterocycles.